The molecule has 2 aromatic carbocycles. The lowest BCUT2D eigenvalue weighted by atomic mass is 9.84. The number of hydrogen-bond donors (Lipinski definition) is 3. The molecule has 3 N–H and O–H groups in total. The van der Waals surface area contributed by atoms with Gasteiger partial charge >= 0.3 is 12.1 Å². The Labute approximate surface area is 198 Å². The van der Waals surface area contributed by atoms with Gasteiger partial charge in [-0.2, -0.15) is 0 Å². The van der Waals surface area contributed by atoms with Crippen molar-refractivity contribution in [3.05, 3.63) is 59.7 Å². The van der Waals surface area contributed by atoms with Gasteiger partial charge < -0.3 is 25.2 Å². The molecule has 0 aromatic heterocycles. The highest BCUT2D eigenvalue weighted by Gasteiger charge is 2.34. The maximum atomic E-state index is 12.7. The summed E-state index contributed by atoms with van der Waals surface area (Å²) in [5, 5.41) is 14.6. The number of carboxylic acids is 1. The van der Waals surface area contributed by atoms with Crippen molar-refractivity contribution < 1.29 is 29.0 Å². The summed E-state index contributed by atoms with van der Waals surface area (Å²) in [7, 11) is 1.28. The molecule has 34 heavy (non-hydrogen) atoms. The molecule has 0 heterocycles. The van der Waals surface area contributed by atoms with E-state index in [0.29, 0.717) is 12.8 Å². The zero-order valence-corrected chi connectivity index (χ0v) is 19.2. The molecule has 8 heteroatoms. The van der Waals surface area contributed by atoms with Gasteiger partial charge in [-0.25, -0.2) is 9.59 Å². The predicted octanol–water partition coefficient (Wildman–Crippen LogP) is 3.30. The number of carbonyl (C=O) groups excluding carboxylic acids is 2. The van der Waals surface area contributed by atoms with Gasteiger partial charge in [0.2, 0.25) is 5.91 Å². The maximum Gasteiger partial charge on any atom is 0.407 e. The second-order valence-corrected chi connectivity index (χ2v) is 8.78. The highest BCUT2D eigenvalue weighted by molar-refractivity contribution is 5.82. The Hall–Kier alpha value is -3.39. The van der Waals surface area contributed by atoms with Crippen molar-refractivity contribution in [2.24, 2.45) is 5.92 Å². The summed E-state index contributed by atoms with van der Waals surface area (Å²) in [6.07, 6.45) is 1.38. The fourth-order valence-corrected chi connectivity index (χ4v) is 5.00. The fourth-order valence-electron chi connectivity index (χ4n) is 5.00. The van der Waals surface area contributed by atoms with E-state index in [1.165, 1.54) is 7.11 Å². The molecule has 0 saturated heterocycles. The highest BCUT2D eigenvalue weighted by atomic mass is 16.5. The Morgan fingerprint density at radius 3 is 2.24 bits per heavy atom. The van der Waals surface area contributed by atoms with E-state index in [4.69, 9.17) is 14.6 Å². The standard InChI is InChI=1S/C26H30N2O6/c1-33-23(25(30)31)14-27-24(29)20-12-6-7-13-22(20)28-26(32)34-15-21-18-10-4-2-8-16(18)17-9-3-5-11-19(17)21/h2-5,8-11,20-23H,6-7,12-15H2,1H3,(H,27,29)(H,28,32)(H,30,31). The first-order valence-corrected chi connectivity index (χ1v) is 11.6. The van der Waals surface area contributed by atoms with Gasteiger partial charge in [-0.15, -0.1) is 0 Å². The van der Waals surface area contributed by atoms with Crippen molar-refractivity contribution in [1.29, 1.82) is 0 Å². The number of rotatable bonds is 8. The molecule has 3 unspecified atom stereocenters. The first-order chi connectivity index (χ1) is 16.5. The second-order valence-electron chi connectivity index (χ2n) is 8.78. The Morgan fingerprint density at radius 1 is 1.00 bits per heavy atom. The average Bonchev–Trinajstić information content (AvgIpc) is 3.17. The lowest BCUT2D eigenvalue weighted by Crippen LogP contribution is -2.50. The zero-order chi connectivity index (χ0) is 24.1. The van der Waals surface area contributed by atoms with E-state index in [1.807, 2.05) is 24.3 Å². The molecule has 0 spiro atoms. The van der Waals surface area contributed by atoms with Crippen LogP contribution in [0.5, 0.6) is 0 Å². The lowest BCUT2D eigenvalue weighted by Gasteiger charge is -2.31. The molecule has 4 rings (SSSR count). The number of carbonyl (C=O) groups is 3. The number of amides is 2. The summed E-state index contributed by atoms with van der Waals surface area (Å²) in [6, 6.07) is 15.9. The van der Waals surface area contributed by atoms with Gasteiger partial charge in [-0.05, 0) is 35.1 Å². The van der Waals surface area contributed by atoms with Gasteiger partial charge in [0.15, 0.2) is 6.10 Å². The molecule has 2 amide bonds. The molecule has 180 valence electrons. The molecule has 0 bridgehead atoms. The van der Waals surface area contributed by atoms with Crippen LogP contribution in [0.4, 0.5) is 4.79 Å². The third-order valence-corrected chi connectivity index (χ3v) is 6.77. The number of alkyl carbamates (subject to hydrolysis) is 1. The minimum atomic E-state index is -1.14. The van der Waals surface area contributed by atoms with E-state index in [-0.39, 0.29) is 31.0 Å². The van der Waals surface area contributed by atoms with Crippen LogP contribution in [0.2, 0.25) is 0 Å². The SMILES string of the molecule is COC(CNC(=O)C1CCCCC1NC(=O)OCC1c2ccccc2-c2ccccc21)C(=O)O. The number of fused-ring (bicyclic) bond motifs is 3. The summed E-state index contributed by atoms with van der Waals surface area (Å²) in [5.41, 5.74) is 4.59. The molecular weight excluding hydrogens is 436 g/mol. The summed E-state index contributed by atoms with van der Waals surface area (Å²) in [5.74, 6) is -1.90. The third kappa shape index (κ3) is 5.07. The van der Waals surface area contributed by atoms with Crippen LogP contribution in [0.3, 0.4) is 0 Å². The van der Waals surface area contributed by atoms with Crippen LogP contribution in [0, 0.1) is 5.92 Å². The van der Waals surface area contributed by atoms with Gasteiger partial charge in [0.25, 0.3) is 0 Å². The number of nitrogens with one attached hydrogen (secondary N) is 2. The summed E-state index contributed by atoms with van der Waals surface area (Å²) < 4.78 is 10.5. The zero-order valence-electron chi connectivity index (χ0n) is 19.2. The quantitative estimate of drug-likeness (QED) is 0.550. The first-order valence-electron chi connectivity index (χ1n) is 11.6. The van der Waals surface area contributed by atoms with Crippen LogP contribution in [-0.4, -0.2) is 55.5 Å². The Morgan fingerprint density at radius 2 is 1.62 bits per heavy atom. The van der Waals surface area contributed by atoms with Crippen molar-refractivity contribution in [2.45, 2.75) is 43.7 Å². The van der Waals surface area contributed by atoms with Crippen molar-refractivity contribution in [2.75, 3.05) is 20.3 Å². The lowest BCUT2D eigenvalue weighted by molar-refractivity contribution is -0.148. The van der Waals surface area contributed by atoms with E-state index in [9.17, 15) is 14.4 Å². The monoisotopic (exact) mass is 466 g/mol. The number of aliphatic carboxylic acids is 1. The Bertz CT molecular complexity index is 1010. The molecule has 2 aliphatic rings. The smallest absolute Gasteiger partial charge is 0.407 e. The second kappa shape index (κ2) is 10.7. The fraction of sp³-hybridized carbons (Fsp3) is 0.423. The summed E-state index contributed by atoms with van der Waals surface area (Å²) >= 11 is 0. The van der Waals surface area contributed by atoms with Crippen molar-refractivity contribution >= 4 is 18.0 Å². The Balaban J connectivity index is 1.36. The van der Waals surface area contributed by atoms with E-state index in [1.54, 1.807) is 0 Å². The van der Waals surface area contributed by atoms with Gasteiger partial charge in [-0.3, -0.25) is 4.79 Å². The van der Waals surface area contributed by atoms with Gasteiger partial charge in [0.05, 0.1) is 12.5 Å². The maximum absolute atomic E-state index is 12.7. The van der Waals surface area contributed by atoms with Crippen molar-refractivity contribution in [1.82, 2.24) is 10.6 Å². The van der Waals surface area contributed by atoms with E-state index >= 15 is 0 Å². The minimum Gasteiger partial charge on any atom is -0.479 e. The predicted molar refractivity (Wildman–Crippen MR) is 125 cm³/mol. The van der Waals surface area contributed by atoms with Crippen LogP contribution < -0.4 is 10.6 Å². The molecule has 0 radical (unpaired) electrons. The van der Waals surface area contributed by atoms with Crippen LogP contribution in [0.15, 0.2) is 48.5 Å². The molecule has 0 aliphatic heterocycles. The topological polar surface area (TPSA) is 114 Å². The molecular formula is C26H30N2O6. The molecule has 8 nitrogen and oxygen atoms in total. The molecule has 2 aliphatic carbocycles. The largest absolute Gasteiger partial charge is 0.479 e. The van der Waals surface area contributed by atoms with Gasteiger partial charge in [0, 0.05) is 19.1 Å². The van der Waals surface area contributed by atoms with Crippen molar-refractivity contribution in [3.63, 3.8) is 0 Å². The van der Waals surface area contributed by atoms with Crippen LogP contribution >= 0.6 is 0 Å². The molecule has 3 atom stereocenters. The van der Waals surface area contributed by atoms with Crippen LogP contribution in [0.1, 0.15) is 42.7 Å². The number of ether oxygens (including phenoxy) is 2. The first kappa shape index (κ1) is 23.8. The summed E-state index contributed by atoms with van der Waals surface area (Å²) in [6.45, 7) is 0.0798. The molecule has 1 saturated carbocycles. The molecule has 1 fully saturated rings. The number of methoxy groups -OCH3 is 1. The number of benzene rings is 2. The van der Waals surface area contributed by atoms with Crippen LogP contribution in [-0.2, 0) is 19.1 Å². The molecule has 2 aromatic rings. The normalized spacial score (nSPS) is 20.0. The number of hydrogen-bond acceptors (Lipinski definition) is 5. The van der Waals surface area contributed by atoms with Crippen LogP contribution in [0.25, 0.3) is 11.1 Å². The highest BCUT2D eigenvalue weighted by Crippen LogP contribution is 2.44. The average molecular weight is 467 g/mol. The minimum absolute atomic E-state index is 0.0365. The van der Waals surface area contributed by atoms with Crippen molar-refractivity contribution in [3.8, 4) is 11.1 Å². The van der Waals surface area contributed by atoms with E-state index in [2.05, 4.69) is 34.9 Å². The van der Waals surface area contributed by atoms with E-state index in [0.717, 1.165) is 35.1 Å². The Kier molecular flexibility index (Phi) is 7.47. The van der Waals surface area contributed by atoms with E-state index < -0.39 is 24.1 Å². The van der Waals surface area contributed by atoms with Gasteiger partial charge in [0.1, 0.15) is 6.61 Å². The third-order valence-electron chi connectivity index (χ3n) is 6.77. The number of carboxylic acid groups (broad SMARTS) is 1. The van der Waals surface area contributed by atoms with Gasteiger partial charge in [-0.1, -0.05) is 61.4 Å². The summed E-state index contributed by atoms with van der Waals surface area (Å²) in [4.78, 5) is 36.5.